The van der Waals surface area contributed by atoms with Gasteiger partial charge in [-0.3, -0.25) is 0 Å². The van der Waals surface area contributed by atoms with Gasteiger partial charge in [-0.15, -0.1) is 0 Å². The monoisotopic (exact) mass is 281 g/mol. The summed E-state index contributed by atoms with van der Waals surface area (Å²) < 4.78 is 6.01. The molecule has 1 fully saturated rings. The highest BCUT2D eigenvalue weighted by Crippen LogP contribution is 2.32. The van der Waals surface area contributed by atoms with Gasteiger partial charge in [-0.1, -0.05) is 31.9 Å². The standard InChI is InChI=1S/C17H19N3O/c1-2-14-19-15-12-9-5-6-10-13(12)21-16(15)17(20-14)18-11-7-3-4-8-11/h5-6,9-11H,2-4,7-8H2,1H3,(H,18,19,20). The molecule has 4 heteroatoms. The molecule has 0 bridgehead atoms. The van der Waals surface area contributed by atoms with E-state index in [2.05, 4.69) is 28.3 Å². The molecule has 0 atom stereocenters. The maximum atomic E-state index is 6.01. The first-order valence-corrected chi connectivity index (χ1v) is 7.80. The number of rotatable bonds is 3. The normalized spacial score (nSPS) is 16.0. The van der Waals surface area contributed by atoms with Gasteiger partial charge in [0.1, 0.15) is 16.9 Å². The van der Waals surface area contributed by atoms with Crippen LogP contribution in [0.4, 0.5) is 5.82 Å². The summed E-state index contributed by atoms with van der Waals surface area (Å²) in [5.41, 5.74) is 2.60. The molecule has 0 unspecified atom stereocenters. The number of fused-ring (bicyclic) bond motifs is 3. The summed E-state index contributed by atoms with van der Waals surface area (Å²) in [4.78, 5) is 9.33. The first kappa shape index (κ1) is 12.6. The third kappa shape index (κ3) is 2.15. The SMILES string of the molecule is CCc1nc(NC2CCCC2)c2oc3ccccc3c2n1. The lowest BCUT2D eigenvalue weighted by Gasteiger charge is -2.13. The van der Waals surface area contributed by atoms with E-state index in [4.69, 9.17) is 4.42 Å². The van der Waals surface area contributed by atoms with Crippen LogP contribution in [-0.2, 0) is 6.42 Å². The Morgan fingerprint density at radius 1 is 1.19 bits per heavy atom. The topological polar surface area (TPSA) is 51.0 Å². The molecule has 108 valence electrons. The van der Waals surface area contributed by atoms with Crippen molar-refractivity contribution in [2.24, 2.45) is 0 Å². The second-order valence-corrected chi connectivity index (χ2v) is 5.74. The number of hydrogen-bond donors (Lipinski definition) is 1. The zero-order valence-corrected chi connectivity index (χ0v) is 12.2. The quantitative estimate of drug-likeness (QED) is 0.778. The summed E-state index contributed by atoms with van der Waals surface area (Å²) in [5.74, 6) is 1.73. The van der Waals surface area contributed by atoms with Crippen LogP contribution in [-0.4, -0.2) is 16.0 Å². The van der Waals surface area contributed by atoms with E-state index in [1.54, 1.807) is 0 Å². The minimum Gasteiger partial charge on any atom is -0.450 e. The van der Waals surface area contributed by atoms with Crippen molar-refractivity contribution in [2.45, 2.75) is 45.1 Å². The summed E-state index contributed by atoms with van der Waals surface area (Å²) in [6.07, 6.45) is 5.86. The number of aryl methyl sites for hydroxylation is 1. The van der Waals surface area contributed by atoms with Gasteiger partial charge in [0.2, 0.25) is 0 Å². The fourth-order valence-electron chi connectivity index (χ4n) is 3.16. The van der Waals surface area contributed by atoms with Crippen LogP contribution in [0.25, 0.3) is 22.1 Å². The first-order valence-electron chi connectivity index (χ1n) is 7.80. The fourth-order valence-corrected chi connectivity index (χ4v) is 3.16. The van der Waals surface area contributed by atoms with Gasteiger partial charge in [0, 0.05) is 17.8 Å². The molecule has 0 aliphatic heterocycles. The number of nitrogens with one attached hydrogen (secondary N) is 1. The van der Waals surface area contributed by atoms with Gasteiger partial charge in [0.25, 0.3) is 0 Å². The van der Waals surface area contributed by atoms with Crippen molar-refractivity contribution in [1.29, 1.82) is 0 Å². The molecule has 0 saturated heterocycles. The summed E-state index contributed by atoms with van der Waals surface area (Å²) in [7, 11) is 0. The van der Waals surface area contributed by atoms with Gasteiger partial charge in [-0.25, -0.2) is 9.97 Å². The zero-order chi connectivity index (χ0) is 14.2. The number of para-hydroxylation sites is 1. The Morgan fingerprint density at radius 2 is 2.00 bits per heavy atom. The van der Waals surface area contributed by atoms with Crippen LogP contribution in [0.3, 0.4) is 0 Å². The highest BCUT2D eigenvalue weighted by Gasteiger charge is 2.20. The van der Waals surface area contributed by atoms with Crippen molar-refractivity contribution < 1.29 is 4.42 Å². The van der Waals surface area contributed by atoms with Crippen LogP contribution in [0.15, 0.2) is 28.7 Å². The van der Waals surface area contributed by atoms with Gasteiger partial charge < -0.3 is 9.73 Å². The number of hydrogen-bond acceptors (Lipinski definition) is 4. The molecule has 1 saturated carbocycles. The fraction of sp³-hybridized carbons (Fsp3) is 0.412. The molecule has 1 aliphatic carbocycles. The molecule has 1 aliphatic rings. The maximum absolute atomic E-state index is 6.01. The minimum absolute atomic E-state index is 0.515. The highest BCUT2D eigenvalue weighted by molar-refractivity contribution is 6.05. The van der Waals surface area contributed by atoms with Crippen LogP contribution >= 0.6 is 0 Å². The van der Waals surface area contributed by atoms with Crippen molar-refractivity contribution in [3.8, 4) is 0 Å². The average molecular weight is 281 g/mol. The van der Waals surface area contributed by atoms with Crippen molar-refractivity contribution in [3.05, 3.63) is 30.1 Å². The van der Waals surface area contributed by atoms with Gasteiger partial charge in [-0.05, 0) is 25.0 Å². The van der Waals surface area contributed by atoms with E-state index in [0.717, 1.165) is 40.1 Å². The average Bonchev–Trinajstić information content (AvgIpc) is 3.14. The number of benzene rings is 1. The Bertz CT molecular complexity index is 787. The number of aromatic nitrogens is 2. The van der Waals surface area contributed by atoms with Gasteiger partial charge >= 0.3 is 0 Å². The molecular formula is C17H19N3O. The van der Waals surface area contributed by atoms with Gasteiger partial charge in [0.05, 0.1) is 0 Å². The minimum atomic E-state index is 0.515. The molecule has 0 spiro atoms. The second-order valence-electron chi connectivity index (χ2n) is 5.74. The van der Waals surface area contributed by atoms with Crippen molar-refractivity contribution >= 4 is 27.9 Å². The molecule has 4 nitrogen and oxygen atoms in total. The van der Waals surface area contributed by atoms with E-state index >= 15 is 0 Å². The van der Waals surface area contributed by atoms with E-state index in [1.807, 2.05) is 18.2 Å². The Morgan fingerprint density at radius 3 is 2.81 bits per heavy atom. The summed E-state index contributed by atoms with van der Waals surface area (Å²) in [6, 6.07) is 8.58. The van der Waals surface area contributed by atoms with Crippen LogP contribution in [0.5, 0.6) is 0 Å². The molecule has 21 heavy (non-hydrogen) atoms. The zero-order valence-electron chi connectivity index (χ0n) is 12.2. The number of nitrogens with zero attached hydrogens (tertiary/aromatic N) is 2. The van der Waals surface area contributed by atoms with Crippen LogP contribution < -0.4 is 5.32 Å². The van der Waals surface area contributed by atoms with Gasteiger partial charge in [-0.2, -0.15) is 0 Å². The van der Waals surface area contributed by atoms with E-state index in [1.165, 1.54) is 25.7 Å². The Hall–Kier alpha value is -2.10. The smallest absolute Gasteiger partial charge is 0.196 e. The van der Waals surface area contributed by atoms with Crippen molar-refractivity contribution in [2.75, 3.05) is 5.32 Å². The van der Waals surface area contributed by atoms with Crippen LogP contribution in [0.2, 0.25) is 0 Å². The lowest BCUT2D eigenvalue weighted by molar-refractivity contribution is 0.661. The van der Waals surface area contributed by atoms with Crippen molar-refractivity contribution in [1.82, 2.24) is 9.97 Å². The molecule has 0 amide bonds. The molecule has 2 aromatic heterocycles. The molecule has 0 radical (unpaired) electrons. The second kappa shape index (κ2) is 5.02. The van der Waals surface area contributed by atoms with Crippen molar-refractivity contribution in [3.63, 3.8) is 0 Å². The lowest BCUT2D eigenvalue weighted by Crippen LogP contribution is -2.16. The van der Waals surface area contributed by atoms with E-state index in [-0.39, 0.29) is 0 Å². The maximum Gasteiger partial charge on any atom is 0.196 e. The van der Waals surface area contributed by atoms with Crippen LogP contribution in [0.1, 0.15) is 38.4 Å². The number of furan rings is 1. The van der Waals surface area contributed by atoms with E-state index in [9.17, 15) is 0 Å². The van der Waals surface area contributed by atoms with E-state index in [0.29, 0.717) is 6.04 Å². The molecule has 4 rings (SSSR count). The van der Waals surface area contributed by atoms with E-state index < -0.39 is 0 Å². The summed E-state index contributed by atoms with van der Waals surface area (Å²) in [5, 5.41) is 4.64. The Balaban J connectivity index is 1.90. The summed E-state index contributed by atoms with van der Waals surface area (Å²) in [6.45, 7) is 2.09. The highest BCUT2D eigenvalue weighted by atomic mass is 16.3. The predicted molar refractivity (Wildman–Crippen MR) is 84.6 cm³/mol. The van der Waals surface area contributed by atoms with Gasteiger partial charge in [0.15, 0.2) is 11.4 Å². The molecule has 2 heterocycles. The Labute approximate surface area is 123 Å². The molecule has 3 aromatic rings. The largest absolute Gasteiger partial charge is 0.450 e. The molecule has 1 aromatic carbocycles. The molecule has 1 N–H and O–H groups in total. The third-order valence-corrected chi connectivity index (χ3v) is 4.28. The van der Waals surface area contributed by atoms with Crippen LogP contribution in [0, 0.1) is 0 Å². The lowest BCUT2D eigenvalue weighted by atomic mass is 10.2. The third-order valence-electron chi connectivity index (χ3n) is 4.28. The Kier molecular flexibility index (Phi) is 3.02. The molecular weight excluding hydrogens is 262 g/mol. The summed E-state index contributed by atoms with van der Waals surface area (Å²) >= 11 is 0. The first-order chi connectivity index (χ1) is 10.3. The predicted octanol–water partition coefficient (Wildman–Crippen LogP) is 4.29. The number of anilines is 1.